The van der Waals surface area contributed by atoms with Crippen molar-refractivity contribution in [2.75, 3.05) is 10.2 Å². The van der Waals surface area contributed by atoms with Crippen molar-refractivity contribution in [3.05, 3.63) is 94.5 Å². The molecular weight excluding hydrogens is 356 g/mol. The molecule has 29 heavy (non-hydrogen) atoms. The summed E-state index contributed by atoms with van der Waals surface area (Å²) in [6.07, 6.45) is -0.257. The van der Waals surface area contributed by atoms with Crippen LogP contribution in [0, 0.1) is 13.8 Å². The summed E-state index contributed by atoms with van der Waals surface area (Å²) < 4.78 is 0. The zero-order valence-electron chi connectivity index (χ0n) is 17.8. The molecule has 0 bridgehead atoms. The van der Waals surface area contributed by atoms with Gasteiger partial charge < -0.3 is 5.32 Å². The number of nitrogens with one attached hydrogen (secondary N) is 1. The van der Waals surface area contributed by atoms with Crippen molar-refractivity contribution in [3.8, 4) is 0 Å². The second kappa shape index (κ2) is 7.07. The normalized spacial score (nSPS) is 16.4. The lowest BCUT2D eigenvalue weighted by Crippen LogP contribution is -2.43. The number of carbonyl (C=O) groups excluding carboxylic acids is 1. The molecule has 3 heteroatoms. The number of nitrogens with zero attached hydrogens (tertiary/aromatic N) is 1. The zero-order chi connectivity index (χ0) is 20.8. The van der Waals surface area contributed by atoms with Gasteiger partial charge >= 0.3 is 0 Å². The molecule has 0 fully saturated rings. The Morgan fingerprint density at radius 2 is 1.48 bits per heavy atom. The molecule has 0 aliphatic carbocycles. The number of fused-ring (bicyclic) bond motifs is 1. The number of para-hydroxylation sites is 1. The van der Waals surface area contributed by atoms with Crippen molar-refractivity contribution >= 4 is 17.3 Å². The minimum Gasteiger partial charge on any atom is -0.360 e. The lowest BCUT2D eigenvalue weighted by molar-refractivity contribution is 0.0975. The Balaban J connectivity index is 1.84. The Morgan fingerprint density at radius 3 is 2.10 bits per heavy atom. The second-order valence-corrected chi connectivity index (χ2v) is 8.99. The highest BCUT2D eigenvalue weighted by Gasteiger charge is 2.34. The Bertz CT molecular complexity index is 1040. The van der Waals surface area contributed by atoms with E-state index in [9.17, 15) is 4.79 Å². The number of amides is 1. The topological polar surface area (TPSA) is 32.3 Å². The van der Waals surface area contributed by atoms with Gasteiger partial charge in [-0.1, -0.05) is 63.2 Å². The van der Waals surface area contributed by atoms with Gasteiger partial charge in [0.25, 0.3) is 5.91 Å². The van der Waals surface area contributed by atoms with Crippen LogP contribution in [0.1, 0.15) is 59.5 Å². The minimum absolute atomic E-state index is 0.0225. The predicted molar refractivity (Wildman–Crippen MR) is 121 cm³/mol. The van der Waals surface area contributed by atoms with Crippen molar-refractivity contribution in [1.29, 1.82) is 0 Å². The fourth-order valence-corrected chi connectivity index (χ4v) is 4.01. The largest absolute Gasteiger partial charge is 0.360 e. The SMILES string of the molecule is Cc1cc(C)cc(N2C(=O)c3ccccc3NC2c2ccc(C(C)(C)C)cc2)c1. The summed E-state index contributed by atoms with van der Waals surface area (Å²) in [6.45, 7) is 10.8. The highest BCUT2D eigenvalue weighted by molar-refractivity contribution is 6.12. The van der Waals surface area contributed by atoms with Gasteiger partial charge in [-0.15, -0.1) is 0 Å². The van der Waals surface area contributed by atoms with Gasteiger partial charge in [0.15, 0.2) is 0 Å². The number of hydrogen-bond donors (Lipinski definition) is 1. The van der Waals surface area contributed by atoms with Gasteiger partial charge in [0.05, 0.1) is 5.56 Å². The van der Waals surface area contributed by atoms with E-state index in [0.717, 1.165) is 28.1 Å². The summed E-state index contributed by atoms with van der Waals surface area (Å²) in [6, 6.07) is 22.6. The molecule has 148 valence electrons. The predicted octanol–water partition coefficient (Wildman–Crippen LogP) is 6.37. The van der Waals surface area contributed by atoms with E-state index < -0.39 is 0 Å². The molecule has 1 heterocycles. The molecule has 1 aliphatic heterocycles. The Kier molecular flexibility index (Phi) is 4.70. The van der Waals surface area contributed by atoms with Gasteiger partial charge in [-0.3, -0.25) is 9.69 Å². The first-order valence-corrected chi connectivity index (χ1v) is 10.1. The van der Waals surface area contributed by atoms with Crippen LogP contribution in [-0.2, 0) is 5.41 Å². The average Bonchev–Trinajstić information content (AvgIpc) is 2.66. The number of carbonyl (C=O) groups is 1. The van der Waals surface area contributed by atoms with Gasteiger partial charge in [-0.05, 0) is 65.8 Å². The van der Waals surface area contributed by atoms with E-state index in [2.05, 4.69) is 82.4 Å². The Labute approximate surface area is 173 Å². The lowest BCUT2D eigenvalue weighted by atomic mass is 9.86. The van der Waals surface area contributed by atoms with Crippen molar-refractivity contribution in [3.63, 3.8) is 0 Å². The van der Waals surface area contributed by atoms with Gasteiger partial charge in [0.1, 0.15) is 6.17 Å². The van der Waals surface area contributed by atoms with Crippen molar-refractivity contribution in [1.82, 2.24) is 0 Å². The third-order valence-electron chi connectivity index (χ3n) is 5.50. The summed E-state index contributed by atoms with van der Waals surface area (Å²) >= 11 is 0. The molecular formula is C26H28N2O. The lowest BCUT2D eigenvalue weighted by Gasteiger charge is -2.38. The van der Waals surface area contributed by atoms with E-state index in [-0.39, 0.29) is 17.5 Å². The summed E-state index contributed by atoms with van der Waals surface area (Å²) in [5.74, 6) is 0.0225. The van der Waals surface area contributed by atoms with Gasteiger partial charge in [-0.25, -0.2) is 0 Å². The van der Waals surface area contributed by atoms with Crippen LogP contribution in [0.15, 0.2) is 66.7 Å². The molecule has 0 saturated heterocycles. The molecule has 3 aromatic carbocycles. The summed E-state index contributed by atoms with van der Waals surface area (Å²) in [7, 11) is 0. The first-order valence-electron chi connectivity index (χ1n) is 10.1. The Hall–Kier alpha value is -3.07. The molecule has 3 aromatic rings. The maximum Gasteiger partial charge on any atom is 0.262 e. The van der Waals surface area contributed by atoms with E-state index in [4.69, 9.17) is 0 Å². The van der Waals surface area contributed by atoms with Crippen molar-refractivity contribution in [2.24, 2.45) is 0 Å². The summed E-state index contributed by atoms with van der Waals surface area (Å²) in [5, 5.41) is 3.59. The molecule has 1 unspecified atom stereocenters. The van der Waals surface area contributed by atoms with Gasteiger partial charge in [0, 0.05) is 11.4 Å². The number of rotatable bonds is 2. The molecule has 3 nitrogen and oxygen atoms in total. The van der Waals surface area contributed by atoms with Gasteiger partial charge in [0.2, 0.25) is 0 Å². The maximum atomic E-state index is 13.5. The second-order valence-electron chi connectivity index (χ2n) is 8.99. The average molecular weight is 385 g/mol. The smallest absolute Gasteiger partial charge is 0.262 e. The monoisotopic (exact) mass is 384 g/mol. The van der Waals surface area contributed by atoms with Crippen LogP contribution in [0.2, 0.25) is 0 Å². The molecule has 0 radical (unpaired) electrons. The molecule has 0 aromatic heterocycles. The van der Waals surface area contributed by atoms with Gasteiger partial charge in [-0.2, -0.15) is 0 Å². The quantitative estimate of drug-likeness (QED) is 0.556. The maximum absolute atomic E-state index is 13.5. The summed E-state index contributed by atoms with van der Waals surface area (Å²) in [4.78, 5) is 15.4. The first kappa shape index (κ1) is 19.3. The number of anilines is 2. The van der Waals surface area contributed by atoms with Crippen molar-refractivity contribution in [2.45, 2.75) is 46.2 Å². The molecule has 4 rings (SSSR count). The fraction of sp³-hybridized carbons (Fsp3) is 0.269. The fourth-order valence-electron chi connectivity index (χ4n) is 4.01. The van der Waals surface area contributed by atoms with Crippen LogP contribution in [0.4, 0.5) is 11.4 Å². The molecule has 1 amide bonds. The molecule has 1 N–H and O–H groups in total. The van der Waals surface area contributed by atoms with E-state index >= 15 is 0 Å². The van der Waals surface area contributed by atoms with Crippen LogP contribution in [0.5, 0.6) is 0 Å². The summed E-state index contributed by atoms with van der Waals surface area (Å²) in [5.41, 5.74) is 7.23. The van der Waals surface area contributed by atoms with Crippen LogP contribution < -0.4 is 10.2 Å². The number of hydrogen-bond acceptors (Lipinski definition) is 2. The molecule has 1 atom stereocenters. The minimum atomic E-state index is -0.257. The van der Waals surface area contributed by atoms with E-state index in [1.807, 2.05) is 29.2 Å². The highest BCUT2D eigenvalue weighted by atomic mass is 16.2. The molecule has 1 aliphatic rings. The molecule has 0 spiro atoms. The zero-order valence-corrected chi connectivity index (χ0v) is 17.8. The number of aryl methyl sites for hydroxylation is 2. The molecule has 0 saturated carbocycles. The highest BCUT2D eigenvalue weighted by Crippen LogP contribution is 2.37. The van der Waals surface area contributed by atoms with Crippen LogP contribution in [0.25, 0.3) is 0 Å². The van der Waals surface area contributed by atoms with Crippen molar-refractivity contribution < 1.29 is 4.79 Å². The van der Waals surface area contributed by atoms with E-state index in [1.54, 1.807) is 0 Å². The standard InChI is InChI=1S/C26H28N2O/c1-17-14-18(2)16-21(15-17)28-24(19-10-12-20(13-11-19)26(3,4)5)27-23-9-7-6-8-22(23)25(28)29/h6-16,24,27H,1-5H3. The van der Waals surface area contributed by atoms with Crippen LogP contribution >= 0.6 is 0 Å². The first-order chi connectivity index (χ1) is 13.7. The third-order valence-corrected chi connectivity index (χ3v) is 5.50. The Morgan fingerprint density at radius 1 is 0.862 bits per heavy atom. The van der Waals surface area contributed by atoms with E-state index in [1.165, 1.54) is 5.56 Å². The van der Waals surface area contributed by atoms with E-state index in [0.29, 0.717) is 5.56 Å². The third kappa shape index (κ3) is 3.65. The van der Waals surface area contributed by atoms with Crippen LogP contribution in [-0.4, -0.2) is 5.91 Å². The van der Waals surface area contributed by atoms with Crippen LogP contribution in [0.3, 0.4) is 0 Å². The number of benzene rings is 3.